The monoisotopic (exact) mass is 226 g/mol. The summed E-state index contributed by atoms with van der Waals surface area (Å²) >= 11 is 7.72. The maximum absolute atomic E-state index is 6.03. The average Bonchev–Trinajstić information content (AvgIpc) is 2.77. The van der Waals surface area contributed by atoms with Crippen molar-refractivity contribution in [2.24, 2.45) is 0 Å². The number of thiophene rings is 1. The summed E-state index contributed by atoms with van der Waals surface area (Å²) in [4.78, 5) is 5.46. The van der Waals surface area contributed by atoms with Crippen LogP contribution in [0.25, 0.3) is 0 Å². The van der Waals surface area contributed by atoms with Crippen LogP contribution in [-0.2, 0) is 13.0 Å². The summed E-state index contributed by atoms with van der Waals surface area (Å²) in [6, 6.07) is 1.93. The van der Waals surface area contributed by atoms with Gasteiger partial charge in [0.05, 0.1) is 11.6 Å². The molecule has 4 heteroatoms. The lowest BCUT2D eigenvalue weighted by atomic mass is 10.4. The summed E-state index contributed by atoms with van der Waals surface area (Å²) in [5, 5.41) is 2.87. The lowest BCUT2D eigenvalue weighted by Gasteiger charge is -2.04. The minimum Gasteiger partial charge on any atom is -0.330 e. The van der Waals surface area contributed by atoms with Crippen molar-refractivity contribution in [3.05, 3.63) is 39.6 Å². The number of hydrogen-bond donors (Lipinski definition) is 0. The molecule has 0 spiro atoms. The Morgan fingerprint density at radius 2 is 2.43 bits per heavy atom. The first kappa shape index (κ1) is 9.74. The average molecular weight is 227 g/mol. The van der Waals surface area contributed by atoms with E-state index in [9.17, 15) is 0 Å². The van der Waals surface area contributed by atoms with Crippen LogP contribution >= 0.6 is 22.9 Å². The van der Waals surface area contributed by atoms with Gasteiger partial charge in [0.15, 0.2) is 0 Å². The molecule has 0 aliphatic rings. The normalized spacial score (nSPS) is 10.7. The van der Waals surface area contributed by atoms with Crippen molar-refractivity contribution in [2.45, 2.75) is 19.9 Å². The molecule has 14 heavy (non-hydrogen) atoms. The highest BCUT2D eigenvalue weighted by molar-refractivity contribution is 7.10. The lowest BCUT2D eigenvalue weighted by Crippen LogP contribution is -2.02. The van der Waals surface area contributed by atoms with E-state index in [0.29, 0.717) is 0 Å². The summed E-state index contributed by atoms with van der Waals surface area (Å²) in [5.74, 6) is 1.11. The van der Waals surface area contributed by atoms with Crippen molar-refractivity contribution in [1.82, 2.24) is 9.55 Å². The van der Waals surface area contributed by atoms with E-state index in [0.717, 1.165) is 23.8 Å². The van der Waals surface area contributed by atoms with E-state index in [1.807, 2.05) is 23.8 Å². The smallest absolute Gasteiger partial charge is 0.108 e. The fourth-order valence-electron chi connectivity index (χ4n) is 1.39. The Balaban J connectivity index is 2.22. The van der Waals surface area contributed by atoms with Crippen LogP contribution in [0.2, 0.25) is 5.02 Å². The molecule has 0 atom stereocenters. The van der Waals surface area contributed by atoms with Crippen molar-refractivity contribution in [2.75, 3.05) is 0 Å². The van der Waals surface area contributed by atoms with E-state index in [1.165, 1.54) is 4.88 Å². The van der Waals surface area contributed by atoms with E-state index >= 15 is 0 Å². The maximum Gasteiger partial charge on any atom is 0.108 e. The van der Waals surface area contributed by atoms with Crippen LogP contribution in [0.3, 0.4) is 0 Å². The van der Waals surface area contributed by atoms with Gasteiger partial charge in [-0.05, 0) is 11.4 Å². The molecule has 0 N–H and O–H groups in total. The zero-order valence-electron chi connectivity index (χ0n) is 7.90. The van der Waals surface area contributed by atoms with Gasteiger partial charge in [-0.25, -0.2) is 4.98 Å². The first-order chi connectivity index (χ1) is 6.81. The number of hydrogen-bond acceptors (Lipinski definition) is 2. The standard InChI is InChI=1S/C10H11ClN2S/c1-2-10-12-4-5-13(10)7-9-8(11)3-6-14-9/h3-6H,2,7H2,1H3. The predicted octanol–water partition coefficient (Wildman–Crippen LogP) is 3.21. The summed E-state index contributed by atoms with van der Waals surface area (Å²) in [7, 11) is 0. The molecule has 2 rings (SSSR count). The number of rotatable bonds is 3. The highest BCUT2D eigenvalue weighted by Crippen LogP contribution is 2.23. The van der Waals surface area contributed by atoms with Crippen LogP contribution in [0.4, 0.5) is 0 Å². The molecule has 2 aromatic rings. The van der Waals surface area contributed by atoms with Crippen LogP contribution in [0.5, 0.6) is 0 Å². The molecule has 0 fully saturated rings. The summed E-state index contributed by atoms with van der Waals surface area (Å²) in [6.07, 6.45) is 4.78. The zero-order valence-corrected chi connectivity index (χ0v) is 9.48. The molecular weight excluding hydrogens is 216 g/mol. The molecule has 0 unspecified atom stereocenters. The number of aromatic nitrogens is 2. The van der Waals surface area contributed by atoms with Gasteiger partial charge in [-0.2, -0.15) is 0 Å². The molecular formula is C10H11ClN2S. The molecule has 0 radical (unpaired) electrons. The Kier molecular flexibility index (Phi) is 2.89. The minimum atomic E-state index is 0.833. The van der Waals surface area contributed by atoms with Crippen LogP contribution in [0, 0.1) is 0 Å². The van der Waals surface area contributed by atoms with Gasteiger partial charge < -0.3 is 4.57 Å². The Bertz CT molecular complexity index is 419. The predicted molar refractivity (Wildman–Crippen MR) is 60.0 cm³/mol. The van der Waals surface area contributed by atoms with Gasteiger partial charge in [0, 0.05) is 23.7 Å². The molecule has 0 saturated heterocycles. The fourth-order valence-corrected chi connectivity index (χ4v) is 2.48. The molecule has 74 valence electrons. The third-order valence-corrected chi connectivity index (χ3v) is 3.49. The summed E-state index contributed by atoms with van der Waals surface area (Å²) in [6.45, 7) is 2.94. The molecule has 0 aliphatic heterocycles. The van der Waals surface area contributed by atoms with Crippen molar-refractivity contribution in [3.63, 3.8) is 0 Å². The Morgan fingerprint density at radius 1 is 1.57 bits per heavy atom. The third-order valence-electron chi connectivity index (χ3n) is 2.12. The number of imidazole rings is 1. The van der Waals surface area contributed by atoms with E-state index in [4.69, 9.17) is 11.6 Å². The van der Waals surface area contributed by atoms with E-state index in [2.05, 4.69) is 16.5 Å². The zero-order chi connectivity index (χ0) is 9.97. The second-order valence-electron chi connectivity index (χ2n) is 3.02. The van der Waals surface area contributed by atoms with Gasteiger partial charge in [-0.15, -0.1) is 11.3 Å². The number of nitrogens with zero attached hydrogens (tertiary/aromatic N) is 2. The molecule has 2 heterocycles. The minimum absolute atomic E-state index is 0.833. The largest absolute Gasteiger partial charge is 0.330 e. The van der Waals surface area contributed by atoms with E-state index < -0.39 is 0 Å². The Morgan fingerprint density at radius 3 is 3.07 bits per heavy atom. The first-order valence-electron chi connectivity index (χ1n) is 4.53. The van der Waals surface area contributed by atoms with Crippen LogP contribution < -0.4 is 0 Å². The van der Waals surface area contributed by atoms with Crippen molar-refractivity contribution in [3.8, 4) is 0 Å². The topological polar surface area (TPSA) is 17.8 Å². The van der Waals surface area contributed by atoms with E-state index in [-0.39, 0.29) is 0 Å². The quantitative estimate of drug-likeness (QED) is 0.786. The van der Waals surface area contributed by atoms with Crippen molar-refractivity contribution in [1.29, 1.82) is 0 Å². The lowest BCUT2D eigenvalue weighted by molar-refractivity contribution is 0.740. The molecule has 2 nitrogen and oxygen atoms in total. The van der Waals surface area contributed by atoms with Gasteiger partial charge >= 0.3 is 0 Å². The van der Waals surface area contributed by atoms with Crippen LogP contribution in [0.15, 0.2) is 23.8 Å². The Hall–Kier alpha value is -0.800. The first-order valence-corrected chi connectivity index (χ1v) is 5.79. The van der Waals surface area contributed by atoms with Crippen molar-refractivity contribution < 1.29 is 0 Å². The summed E-state index contributed by atoms with van der Waals surface area (Å²) < 4.78 is 2.14. The highest BCUT2D eigenvalue weighted by atomic mass is 35.5. The van der Waals surface area contributed by atoms with Gasteiger partial charge in [-0.3, -0.25) is 0 Å². The molecule has 0 amide bonds. The van der Waals surface area contributed by atoms with Crippen LogP contribution in [-0.4, -0.2) is 9.55 Å². The fraction of sp³-hybridized carbons (Fsp3) is 0.300. The Labute approximate surface area is 92.2 Å². The molecule has 0 bridgehead atoms. The second-order valence-corrected chi connectivity index (χ2v) is 4.42. The van der Waals surface area contributed by atoms with Gasteiger partial charge in [0.25, 0.3) is 0 Å². The molecule has 0 aliphatic carbocycles. The van der Waals surface area contributed by atoms with Gasteiger partial charge in [0.2, 0.25) is 0 Å². The number of halogens is 1. The highest BCUT2D eigenvalue weighted by Gasteiger charge is 2.05. The molecule has 2 aromatic heterocycles. The van der Waals surface area contributed by atoms with Gasteiger partial charge in [-0.1, -0.05) is 18.5 Å². The van der Waals surface area contributed by atoms with E-state index in [1.54, 1.807) is 11.3 Å². The third kappa shape index (κ3) is 1.83. The molecule has 0 saturated carbocycles. The van der Waals surface area contributed by atoms with Crippen LogP contribution in [0.1, 0.15) is 17.6 Å². The van der Waals surface area contributed by atoms with Gasteiger partial charge in [0.1, 0.15) is 5.82 Å². The SMILES string of the molecule is CCc1nccn1Cc1sccc1Cl. The number of aryl methyl sites for hydroxylation is 1. The second kappa shape index (κ2) is 4.15. The maximum atomic E-state index is 6.03. The molecule has 0 aromatic carbocycles. The van der Waals surface area contributed by atoms with Crippen molar-refractivity contribution >= 4 is 22.9 Å². The summed E-state index contributed by atoms with van der Waals surface area (Å²) in [5.41, 5.74) is 0.